The minimum absolute atomic E-state index is 0.0821. The van der Waals surface area contributed by atoms with Crippen LogP contribution in [-0.4, -0.2) is 82.3 Å². The summed E-state index contributed by atoms with van der Waals surface area (Å²) in [4.78, 5) is 25.0. The van der Waals surface area contributed by atoms with Gasteiger partial charge >= 0.3 is 13.6 Å². The number of rotatable bonds is 4. The second-order valence-electron chi connectivity index (χ2n) is 11.3. The maximum Gasteiger partial charge on any atom is 0.386 e. The maximum absolute atomic E-state index is 16.1. The van der Waals surface area contributed by atoms with Crippen LogP contribution in [0.3, 0.4) is 0 Å². The van der Waals surface area contributed by atoms with Gasteiger partial charge in [-0.3, -0.25) is 27.2 Å². The lowest BCUT2D eigenvalue weighted by Crippen LogP contribution is -2.46. The molecule has 0 aromatic carbocycles. The highest BCUT2D eigenvalue weighted by Crippen LogP contribution is 2.63. The van der Waals surface area contributed by atoms with E-state index in [2.05, 4.69) is 54.4 Å². The quantitative estimate of drug-likeness (QED) is 0.173. The lowest BCUT2D eigenvalue weighted by Gasteiger charge is -2.35. The van der Waals surface area contributed by atoms with E-state index in [4.69, 9.17) is 39.0 Å². The van der Waals surface area contributed by atoms with Crippen LogP contribution in [0.2, 0.25) is 0 Å². The number of ether oxygens (including phenoxy) is 2. The van der Waals surface area contributed by atoms with Gasteiger partial charge in [0.15, 0.2) is 35.3 Å². The van der Waals surface area contributed by atoms with E-state index in [1.54, 1.807) is 11.5 Å². The third kappa shape index (κ3) is 5.73. The van der Waals surface area contributed by atoms with Crippen molar-refractivity contribution in [2.24, 2.45) is 5.92 Å². The molecule has 23 heteroatoms. The topological polar surface area (TPSA) is 229 Å². The Morgan fingerprint density at radius 2 is 1.51 bits per heavy atom. The first-order valence-electron chi connectivity index (χ1n) is 14.5. The summed E-state index contributed by atoms with van der Waals surface area (Å²) < 4.78 is 82.8. The Labute approximate surface area is 276 Å². The molecule has 2 unspecified atom stereocenters. The van der Waals surface area contributed by atoms with E-state index >= 15 is 4.39 Å². The summed E-state index contributed by atoms with van der Waals surface area (Å²) in [6.07, 6.45) is -2.06. The van der Waals surface area contributed by atoms with Crippen molar-refractivity contribution in [1.29, 1.82) is 0 Å². The van der Waals surface area contributed by atoms with Gasteiger partial charge in [-0.1, -0.05) is 38.3 Å². The van der Waals surface area contributed by atoms with Crippen LogP contribution < -0.4 is 11.5 Å². The van der Waals surface area contributed by atoms with Crippen molar-refractivity contribution in [1.82, 2.24) is 39.0 Å². The van der Waals surface area contributed by atoms with Crippen LogP contribution in [0.1, 0.15) is 39.1 Å². The highest BCUT2D eigenvalue weighted by atomic mass is 32.7. The summed E-state index contributed by atoms with van der Waals surface area (Å²) in [6.45, 7) is -5.96. The average Bonchev–Trinajstić information content (AvgIpc) is 3.79. The van der Waals surface area contributed by atoms with Crippen LogP contribution in [0.4, 0.5) is 16.0 Å². The minimum atomic E-state index is -4.37. The zero-order valence-corrected chi connectivity index (χ0v) is 28.4. The Bertz CT molecular complexity index is 1920. The molecule has 0 amide bonds. The van der Waals surface area contributed by atoms with Gasteiger partial charge in [-0.25, -0.2) is 43.4 Å². The van der Waals surface area contributed by atoms with Gasteiger partial charge in [-0.2, -0.15) is 0 Å². The summed E-state index contributed by atoms with van der Waals surface area (Å²) in [5, 5.41) is 0. The molecule has 0 radical (unpaired) electrons. The molecule has 18 nitrogen and oxygen atoms in total. The number of nitrogens with zero attached hydrogens (tertiary/aromatic N) is 8. The summed E-state index contributed by atoms with van der Waals surface area (Å²) in [6, 6.07) is 0. The Morgan fingerprint density at radius 3 is 2.11 bits per heavy atom. The maximum atomic E-state index is 16.1. The number of hydrogen-bond donors (Lipinski definition) is 4. The van der Waals surface area contributed by atoms with Gasteiger partial charge in [0.05, 0.1) is 25.9 Å². The fraction of sp³-hybridized carbons (Fsp3) is 0.583. The highest BCUT2D eigenvalue weighted by Gasteiger charge is 2.59. The largest absolute Gasteiger partial charge is 0.386 e. The predicted octanol–water partition coefficient (Wildman–Crippen LogP) is 3.66. The molecule has 3 aliphatic rings. The molecule has 0 aliphatic carbocycles. The number of fused-ring (bicyclic) bond motifs is 5. The van der Waals surface area contributed by atoms with E-state index in [1.807, 2.05) is 6.92 Å². The monoisotopic (exact) mass is 732 g/mol. The lowest BCUT2D eigenvalue weighted by atomic mass is 9.87. The number of anilines is 2. The molecule has 3 fully saturated rings. The first-order chi connectivity index (χ1) is 22.4. The second kappa shape index (κ2) is 12.2. The number of imidazole rings is 2. The van der Waals surface area contributed by atoms with Crippen molar-refractivity contribution >= 4 is 72.1 Å². The van der Waals surface area contributed by atoms with Gasteiger partial charge in [0.1, 0.15) is 53.8 Å². The SMILES string of the molecule is CC[C@H]1[C@H](n2cnc3c(N)ncnc32)O[C@]2(CC)COP(=O)(S)O[C@@H]3[C@@H](F)[C@@H](COP(=O)(S)O[C@@H]12)O[C@H]3n1cnc2c(N)ncnc21. The Kier molecular flexibility index (Phi) is 8.55. The molecular weight excluding hydrogens is 701 g/mol. The van der Waals surface area contributed by atoms with Crippen molar-refractivity contribution in [3.63, 3.8) is 0 Å². The average molecular weight is 733 g/mol. The molecule has 47 heavy (non-hydrogen) atoms. The van der Waals surface area contributed by atoms with Crippen molar-refractivity contribution < 1.29 is 41.1 Å². The van der Waals surface area contributed by atoms with Crippen LogP contribution in [0.15, 0.2) is 25.3 Å². The van der Waals surface area contributed by atoms with Crippen LogP contribution in [0.25, 0.3) is 22.3 Å². The Morgan fingerprint density at radius 1 is 0.915 bits per heavy atom. The molecule has 0 saturated carbocycles. The van der Waals surface area contributed by atoms with Gasteiger partial charge in [0.25, 0.3) is 0 Å². The molecule has 4 aromatic heterocycles. The van der Waals surface area contributed by atoms with E-state index in [0.717, 1.165) is 0 Å². The Balaban J connectivity index is 1.26. The smallest absolute Gasteiger partial charge is 0.382 e. The van der Waals surface area contributed by atoms with E-state index in [0.29, 0.717) is 17.6 Å². The summed E-state index contributed by atoms with van der Waals surface area (Å²) in [5.41, 5.74) is 11.7. The van der Waals surface area contributed by atoms with Gasteiger partial charge in [0.2, 0.25) is 0 Å². The number of nitrogen functional groups attached to an aromatic ring is 2. The zero-order chi connectivity index (χ0) is 33.3. The molecule has 0 spiro atoms. The standard InChI is InChI=1S/C24H31FN10O8P2S2/c1-3-11-17-24(4-2,41-22(11)34-9-32-14-18(26)28-7-30-20(14)34)6-39-45(37,47)42-16-13(25)12(5-38-44(36,46)43-17)40-23(16)35-10-33-15-19(27)29-8-31-21(15)35/h7-13,16-17,22-23H,3-6H2,1-2H3,(H,36,46)(H,37,47)(H2,26,28,30)(H2,27,29,31)/t11-,12-,13+,16-,17+,22-,23-,24-,44?,45?/m1/s1. The Hall–Kier alpha value is -2.45. The fourth-order valence-corrected chi connectivity index (χ4v) is 9.29. The van der Waals surface area contributed by atoms with E-state index in [9.17, 15) is 9.13 Å². The second-order valence-corrected chi connectivity index (χ2v) is 17.0. The molecule has 3 aliphatic heterocycles. The van der Waals surface area contributed by atoms with Crippen LogP contribution in [0.5, 0.6) is 0 Å². The van der Waals surface area contributed by atoms with Crippen molar-refractivity contribution in [2.45, 2.75) is 69.2 Å². The number of nitrogens with two attached hydrogens (primary N) is 2. The third-order valence-corrected chi connectivity index (χ3v) is 11.9. The predicted molar refractivity (Wildman–Crippen MR) is 170 cm³/mol. The normalized spacial score (nSPS) is 38.2. The fourth-order valence-electron chi connectivity index (χ4n) is 6.29. The van der Waals surface area contributed by atoms with Crippen molar-refractivity contribution in [3.8, 4) is 0 Å². The number of alkyl halides is 1. The molecule has 7 heterocycles. The highest BCUT2D eigenvalue weighted by molar-refractivity contribution is 8.44. The first-order valence-corrected chi connectivity index (χ1v) is 19.9. The molecular formula is C24H31FN10O8P2S2. The van der Waals surface area contributed by atoms with E-state index < -0.39 is 75.3 Å². The number of halogens is 1. The molecule has 2 bridgehead atoms. The van der Waals surface area contributed by atoms with Crippen LogP contribution in [0, 0.1) is 5.92 Å². The van der Waals surface area contributed by atoms with E-state index in [1.165, 1.54) is 29.9 Å². The van der Waals surface area contributed by atoms with Gasteiger partial charge in [-0.15, -0.1) is 0 Å². The van der Waals surface area contributed by atoms with E-state index in [-0.39, 0.29) is 29.2 Å². The van der Waals surface area contributed by atoms with Gasteiger partial charge in [0, 0.05) is 5.92 Å². The molecule has 4 aromatic rings. The molecule has 3 saturated heterocycles. The number of aromatic nitrogens is 8. The number of hydrogen-bond acceptors (Lipinski definition) is 16. The first kappa shape index (κ1) is 33.1. The third-order valence-electron chi connectivity index (χ3n) is 8.66. The molecule has 4 N–H and O–H groups in total. The minimum Gasteiger partial charge on any atom is -0.382 e. The molecule has 254 valence electrons. The summed E-state index contributed by atoms with van der Waals surface area (Å²) in [7, 11) is 0. The van der Waals surface area contributed by atoms with Gasteiger partial charge < -0.3 is 20.9 Å². The number of thiol groups is 2. The summed E-state index contributed by atoms with van der Waals surface area (Å²) >= 11 is 8.46. The van der Waals surface area contributed by atoms with Crippen molar-refractivity contribution in [2.75, 3.05) is 24.7 Å². The lowest BCUT2D eigenvalue weighted by molar-refractivity contribution is -0.123. The van der Waals surface area contributed by atoms with Crippen LogP contribution >= 0.6 is 38.1 Å². The zero-order valence-electron chi connectivity index (χ0n) is 24.8. The van der Waals surface area contributed by atoms with Gasteiger partial charge in [-0.05, 0) is 12.8 Å². The van der Waals surface area contributed by atoms with Crippen molar-refractivity contribution in [3.05, 3.63) is 25.3 Å². The summed E-state index contributed by atoms with van der Waals surface area (Å²) in [5.74, 6) is -0.260. The van der Waals surface area contributed by atoms with Crippen LogP contribution in [-0.2, 0) is 36.7 Å². The molecule has 10 atom stereocenters. The molecule has 7 rings (SSSR count).